The summed E-state index contributed by atoms with van der Waals surface area (Å²) in [5.74, 6) is -0.562. The van der Waals surface area contributed by atoms with E-state index >= 15 is 0 Å². The highest BCUT2D eigenvalue weighted by Crippen LogP contribution is 2.12. The van der Waals surface area contributed by atoms with Gasteiger partial charge in [-0.15, -0.1) is 0 Å². The number of aliphatic imine (C=N–C) groups is 1. The van der Waals surface area contributed by atoms with E-state index in [2.05, 4.69) is 22.5 Å². The molecule has 0 aliphatic carbocycles. The number of hydrogen-bond acceptors (Lipinski definition) is 5. The van der Waals surface area contributed by atoms with Crippen LogP contribution in [0.25, 0.3) is 0 Å². The van der Waals surface area contributed by atoms with Crippen molar-refractivity contribution >= 4 is 22.9 Å². The predicted molar refractivity (Wildman–Crippen MR) is 73.2 cm³/mol. The second-order valence-corrected chi connectivity index (χ2v) is 5.60. The Morgan fingerprint density at radius 2 is 2.33 bits per heavy atom. The lowest BCUT2D eigenvalue weighted by atomic mass is 10.2. The molecule has 0 aromatic heterocycles. The molecule has 7 heteroatoms. The second kappa shape index (κ2) is 6.65. The van der Waals surface area contributed by atoms with E-state index in [1.165, 1.54) is 12.4 Å². The Bertz CT molecular complexity index is 395. The monoisotopic (exact) mass is 272 g/mol. The van der Waals surface area contributed by atoms with Crippen LogP contribution in [0.4, 0.5) is 0 Å². The Morgan fingerprint density at radius 1 is 1.61 bits per heavy atom. The van der Waals surface area contributed by atoms with Gasteiger partial charge < -0.3 is 11.1 Å². The van der Waals surface area contributed by atoms with E-state index < -0.39 is 21.8 Å². The van der Waals surface area contributed by atoms with Gasteiger partial charge in [0.2, 0.25) is 0 Å². The van der Waals surface area contributed by atoms with Crippen LogP contribution in [0.5, 0.6) is 0 Å². The topological polar surface area (TPSA) is 96.6 Å². The lowest BCUT2D eigenvalue weighted by Gasteiger charge is -2.31. The van der Waals surface area contributed by atoms with E-state index in [1.54, 1.807) is 6.26 Å². The summed E-state index contributed by atoms with van der Waals surface area (Å²) in [5.41, 5.74) is 5.41. The molecule has 0 fully saturated rings. The van der Waals surface area contributed by atoms with E-state index in [0.717, 1.165) is 19.3 Å². The maximum atomic E-state index is 11.8. The molecule has 1 heterocycles. The molecular formula is C11H20N4O2S. The fourth-order valence-electron chi connectivity index (χ4n) is 1.53. The number of nitrogens with one attached hydrogen (secondary N) is 2. The van der Waals surface area contributed by atoms with Crippen molar-refractivity contribution < 1.29 is 9.00 Å². The van der Waals surface area contributed by atoms with Crippen molar-refractivity contribution in [3.63, 3.8) is 0 Å². The van der Waals surface area contributed by atoms with Crippen LogP contribution < -0.4 is 16.4 Å². The second-order valence-electron chi connectivity index (χ2n) is 4.10. The Kier molecular flexibility index (Phi) is 5.49. The summed E-state index contributed by atoms with van der Waals surface area (Å²) in [6.07, 6.45) is 7.56. The minimum Gasteiger partial charge on any atom is -0.366 e. The normalized spacial score (nSPS) is 24.2. The van der Waals surface area contributed by atoms with Gasteiger partial charge in [0.05, 0.1) is 16.4 Å². The van der Waals surface area contributed by atoms with Gasteiger partial charge in [0.15, 0.2) is 0 Å². The van der Waals surface area contributed by atoms with E-state index in [0.29, 0.717) is 6.54 Å². The van der Waals surface area contributed by atoms with Crippen LogP contribution in [0, 0.1) is 0 Å². The highest BCUT2D eigenvalue weighted by atomic mass is 32.2. The molecule has 0 bridgehead atoms. The maximum absolute atomic E-state index is 11.8. The quantitative estimate of drug-likeness (QED) is 0.559. The molecule has 4 N–H and O–H groups in total. The van der Waals surface area contributed by atoms with Crippen molar-refractivity contribution in [3.05, 3.63) is 11.8 Å². The standard InChI is InChI=1S/C11H20N4O2S/c1-3-4-5-6-13-11(18(2)17)14-7-9(8-15-11)10(12)16/h7-8,13-14H,3-6H2,1-2H3,(H2,12,16). The molecule has 0 spiro atoms. The van der Waals surface area contributed by atoms with Gasteiger partial charge >= 0.3 is 0 Å². The minimum atomic E-state index is -1.26. The molecule has 0 saturated carbocycles. The third-order valence-electron chi connectivity index (χ3n) is 2.65. The van der Waals surface area contributed by atoms with Crippen molar-refractivity contribution in [2.75, 3.05) is 12.8 Å². The van der Waals surface area contributed by atoms with Crippen LogP contribution in [0.2, 0.25) is 0 Å². The first kappa shape index (κ1) is 14.8. The van der Waals surface area contributed by atoms with E-state index in [9.17, 15) is 9.00 Å². The van der Waals surface area contributed by atoms with Gasteiger partial charge in [0, 0.05) is 18.7 Å². The van der Waals surface area contributed by atoms with Gasteiger partial charge in [-0.05, 0) is 13.0 Å². The van der Waals surface area contributed by atoms with Gasteiger partial charge in [-0.3, -0.25) is 14.3 Å². The molecule has 0 saturated heterocycles. The van der Waals surface area contributed by atoms with Crippen LogP contribution in [-0.2, 0) is 15.6 Å². The molecule has 2 atom stereocenters. The average Bonchev–Trinajstić information content (AvgIpc) is 2.35. The molecule has 6 nitrogen and oxygen atoms in total. The van der Waals surface area contributed by atoms with Gasteiger partial charge in [0.25, 0.3) is 11.0 Å². The number of primary amides is 1. The summed E-state index contributed by atoms with van der Waals surface area (Å²) in [6, 6.07) is 0. The summed E-state index contributed by atoms with van der Waals surface area (Å²) in [4.78, 5) is 15.1. The van der Waals surface area contributed by atoms with Crippen molar-refractivity contribution in [1.82, 2.24) is 10.6 Å². The first-order chi connectivity index (χ1) is 8.52. The largest absolute Gasteiger partial charge is 0.366 e. The number of rotatable bonds is 7. The van der Waals surface area contributed by atoms with Gasteiger partial charge in [0.1, 0.15) is 0 Å². The van der Waals surface area contributed by atoms with Crippen molar-refractivity contribution in [3.8, 4) is 0 Å². The number of unbranched alkanes of at least 4 members (excludes halogenated alkanes) is 2. The number of carbonyl (C=O) groups excluding carboxylic acids is 1. The fraction of sp³-hybridized carbons (Fsp3) is 0.636. The fourth-order valence-corrected chi connectivity index (χ4v) is 2.26. The Labute approximate surface area is 110 Å². The molecule has 1 rings (SSSR count). The molecule has 0 aromatic carbocycles. The zero-order valence-electron chi connectivity index (χ0n) is 10.7. The molecule has 102 valence electrons. The van der Waals surface area contributed by atoms with E-state index in [4.69, 9.17) is 5.73 Å². The summed E-state index contributed by atoms with van der Waals surface area (Å²) in [5, 5.41) is 4.94. The lowest BCUT2D eigenvalue weighted by Crippen LogP contribution is -2.58. The molecule has 1 aliphatic heterocycles. The van der Waals surface area contributed by atoms with Crippen LogP contribution in [0.3, 0.4) is 0 Å². The molecular weight excluding hydrogens is 252 g/mol. The summed E-state index contributed by atoms with van der Waals surface area (Å²) >= 11 is 0. The highest BCUT2D eigenvalue weighted by molar-refractivity contribution is 7.85. The predicted octanol–water partition coefficient (Wildman–Crippen LogP) is -0.201. The van der Waals surface area contributed by atoms with Crippen LogP contribution in [0.1, 0.15) is 26.2 Å². The number of nitrogens with two attached hydrogens (primary N) is 1. The smallest absolute Gasteiger partial charge is 0.263 e. The Morgan fingerprint density at radius 3 is 2.78 bits per heavy atom. The lowest BCUT2D eigenvalue weighted by molar-refractivity contribution is -0.114. The summed E-state index contributed by atoms with van der Waals surface area (Å²) < 4.78 is 11.8. The molecule has 0 radical (unpaired) electrons. The number of carbonyl (C=O) groups is 1. The summed E-state index contributed by atoms with van der Waals surface area (Å²) in [6.45, 7) is 2.82. The SMILES string of the molecule is CCCCCNC1(S(C)=O)N=CC(C(N)=O)=CN1. The zero-order chi connectivity index (χ0) is 13.6. The van der Waals surface area contributed by atoms with Gasteiger partial charge in [-0.25, -0.2) is 4.99 Å². The van der Waals surface area contributed by atoms with Crippen LogP contribution in [0.15, 0.2) is 16.8 Å². The van der Waals surface area contributed by atoms with Crippen molar-refractivity contribution in [2.24, 2.45) is 10.7 Å². The maximum Gasteiger partial charge on any atom is 0.263 e. The van der Waals surface area contributed by atoms with Gasteiger partial charge in [-0.1, -0.05) is 19.8 Å². The van der Waals surface area contributed by atoms with E-state index in [-0.39, 0.29) is 5.57 Å². The Balaban J connectivity index is 2.66. The molecule has 1 aliphatic rings. The first-order valence-electron chi connectivity index (χ1n) is 5.93. The van der Waals surface area contributed by atoms with Crippen molar-refractivity contribution in [1.29, 1.82) is 0 Å². The molecule has 18 heavy (non-hydrogen) atoms. The van der Waals surface area contributed by atoms with E-state index in [1.807, 2.05) is 0 Å². The molecule has 2 unspecified atom stereocenters. The minimum absolute atomic E-state index is 0.270. The summed E-state index contributed by atoms with van der Waals surface area (Å²) in [7, 11) is -1.26. The number of nitrogens with zero attached hydrogens (tertiary/aromatic N) is 1. The molecule has 0 aromatic rings. The Hall–Kier alpha value is -1.21. The third kappa shape index (κ3) is 3.64. The number of hydrogen-bond donors (Lipinski definition) is 3. The first-order valence-corrected chi connectivity index (χ1v) is 7.49. The van der Waals surface area contributed by atoms with Gasteiger partial charge in [-0.2, -0.15) is 0 Å². The third-order valence-corrected chi connectivity index (χ3v) is 3.85. The molecule has 1 amide bonds. The average molecular weight is 272 g/mol. The highest BCUT2D eigenvalue weighted by Gasteiger charge is 2.34. The van der Waals surface area contributed by atoms with Crippen LogP contribution >= 0.6 is 0 Å². The van der Waals surface area contributed by atoms with Crippen LogP contribution in [-0.4, -0.2) is 34.3 Å². The zero-order valence-corrected chi connectivity index (χ0v) is 11.5. The van der Waals surface area contributed by atoms with Crippen molar-refractivity contribution in [2.45, 2.75) is 31.3 Å². The number of amides is 1.